The maximum absolute atomic E-state index is 13.6. The van der Waals surface area contributed by atoms with Gasteiger partial charge in [0.2, 0.25) is 11.7 Å². The van der Waals surface area contributed by atoms with E-state index in [1.807, 2.05) is 78.1 Å². The highest BCUT2D eigenvalue weighted by Crippen LogP contribution is 2.27. The predicted molar refractivity (Wildman–Crippen MR) is 141 cm³/mol. The van der Waals surface area contributed by atoms with E-state index in [4.69, 9.17) is 4.74 Å². The molecule has 0 aliphatic carbocycles. The Kier molecular flexibility index (Phi) is 6.73. The van der Waals surface area contributed by atoms with Crippen molar-refractivity contribution in [3.8, 4) is 11.4 Å². The molecule has 3 aromatic carbocycles. The van der Waals surface area contributed by atoms with Crippen LogP contribution >= 0.6 is 11.8 Å². The number of aryl methyl sites for hydroxylation is 1. The van der Waals surface area contributed by atoms with Crippen LogP contribution in [0, 0.1) is 6.92 Å². The summed E-state index contributed by atoms with van der Waals surface area (Å²) in [5, 5.41) is 12.7. The first-order chi connectivity index (χ1) is 17.6. The Bertz CT molecular complexity index is 1610. The number of amides is 1. The molecule has 0 bridgehead atoms. The second kappa shape index (κ2) is 10.2. The van der Waals surface area contributed by atoms with Gasteiger partial charge >= 0.3 is 0 Å². The van der Waals surface area contributed by atoms with Crippen LogP contribution in [0.2, 0.25) is 0 Å². The number of rotatable bonds is 8. The molecule has 0 unspecified atom stereocenters. The van der Waals surface area contributed by atoms with Crippen molar-refractivity contribution in [2.45, 2.75) is 18.5 Å². The Morgan fingerprint density at radius 3 is 2.61 bits per heavy atom. The maximum Gasteiger partial charge on any atom is 0.267 e. The van der Waals surface area contributed by atoms with Crippen molar-refractivity contribution in [2.75, 3.05) is 19.4 Å². The summed E-state index contributed by atoms with van der Waals surface area (Å²) in [6.45, 7) is 2.51. The van der Waals surface area contributed by atoms with Crippen LogP contribution in [0.25, 0.3) is 22.4 Å². The van der Waals surface area contributed by atoms with E-state index in [0.717, 1.165) is 12.0 Å². The lowest BCUT2D eigenvalue weighted by Gasteiger charge is -2.14. The minimum Gasteiger partial charge on any atom is -0.495 e. The van der Waals surface area contributed by atoms with Gasteiger partial charge in [0.15, 0.2) is 5.16 Å². The maximum atomic E-state index is 13.6. The number of thioether (sulfide) groups is 1. The third-order valence-corrected chi connectivity index (χ3v) is 6.81. The molecule has 2 aromatic heterocycles. The van der Waals surface area contributed by atoms with E-state index in [1.54, 1.807) is 13.2 Å². The van der Waals surface area contributed by atoms with Gasteiger partial charge in [0.05, 0.1) is 29.5 Å². The van der Waals surface area contributed by atoms with Crippen LogP contribution < -0.4 is 15.6 Å². The lowest BCUT2D eigenvalue weighted by molar-refractivity contribution is -0.118. The van der Waals surface area contributed by atoms with E-state index in [-0.39, 0.29) is 17.2 Å². The predicted octanol–water partition coefficient (Wildman–Crippen LogP) is 3.80. The number of methoxy groups -OCH3 is 1. The molecule has 182 valence electrons. The van der Waals surface area contributed by atoms with Crippen LogP contribution in [0.15, 0.2) is 82.7 Å². The van der Waals surface area contributed by atoms with Crippen molar-refractivity contribution in [3.63, 3.8) is 0 Å². The zero-order chi connectivity index (χ0) is 25.1. The largest absolute Gasteiger partial charge is 0.495 e. The Balaban J connectivity index is 1.48. The number of nitrogens with zero attached hydrogens (tertiary/aromatic N) is 4. The topological polar surface area (TPSA) is 90.5 Å². The van der Waals surface area contributed by atoms with Gasteiger partial charge in [-0.3, -0.25) is 14.0 Å². The molecule has 0 spiro atoms. The first kappa shape index (κ1) is 23.6. The van der Waals surface area contributed by atoms with Gasteiger partial charge in [0.1, 0.15) is 5.75 Å². The van der Waals surface area contributed by atoms with E-state index in [9.17, 15) is 9.59 Å². The molecule has 5 aromatic rings. The number of benzene rings is 3. The first-order valence-electron chi connectivity index (χ1n) is 11.5. The molecule has 9 heteroatoms. The molecule has 2 heterocycles. The monoisotopic (exact) mass is 499 g/mol. The SMILES string of the molecule is COc1ccc(C)cc1-n1c(=O)c2ccccc2n2c(SCC(=O)NCCc3ccccc3)nnc12. The van der Waals surface area contributed by atoms with E-state index < -0.39 is 0 Å². The summed E-state index contributed by atoms with van der Waals surface area (Å²) in [6, 6.07) is 23.0. The highest BCUT2D eigenvalue weighted by Gasteiger charge is 2.20. The zero-order valence-electron chi connectivity index (χ0n) is 20.0. The van der Waals surface area contributed by atoms with Crippen LogP contribution in [-0.2, 0) is 11.2 Å². The van der Waals surface area contributed by atoms with Crippen LogP contribution in [0.4, 0.5) is 0 Å². The summed E-state index contributed by atoms with van der Waals surface area (Å²) < 4.78 is 8.89. The molecule has 36 heavy (non-hydrogen) atoms. The van der Waals surface area contributed by atoms with Crippen molar-refractivity contribution < 1.29 is 9.53 Å². The average Bonchev–Trinajstić information content (AvgIpc) is 3.32. The van der Waals surface area contributed by atoms with E-state index >= 15 is 0 Å². The van der Waals surface area contributed by atoms with Crippen LogP contribution in [0.1, 0.15) is 11.1 Å². The minimum absolute atomic E-state index is 0.0920. The number of fused-ring (bicyclic) bond motifs is 3. The number of para-hydroxylation sites is 1. The first-order valence-corrected chi connectivity index (χ1v) is 12.5. The Morgan fingerprint density at radius 2 is 1.81 bits per heavy atom. The lowest BCUT2D eigenvalue weighted by atomic mass is 10.1. The number of hydrogen-bond acceptors (Lipinski definition) is 6. The van der Waals surface area contributed by atoms with Gasteiger partial charge in [-0.1, -0.05) is 60.3 Å². The quantitative estimate of drug-likeness (QED) is 0.327. The molecule has 0 radical (unpaired) electrons. The van der Waals surface area contributed by atoms with E-state index in [2.05, 4.69) is 15.5 Å². The van der Waals surface area contributed by atoms with Gasteiger partial charge in [-0.2, -0.15) is 0 Å². The van der Waals surface area contributed by atoms with Crippen LogP contribution in [-0.4, -0.2) is 44.5 Å². The normalized spacial score (nSPS) is 11.2. The molecule has 0 aliphatic heterocycles. The number of nitrogens with one attached hydrogen (secondary N) is 1. The second-order valence-corrected chi connectivity index (χ2v) is 9.27. The summed E-state index contributed by atoms with van der Waals surface area (Å²) in [5.74, 6) is 0.992. The smallest absolute Gasteiger partial charge is 0.267 e. The number of carbonyl (C=O) groups is 1. The molecular formula is C27H25N5O3S. The Hall–Kier alpha value is -4.11. The summed E-state index contributed by atoms with van der Waals surface area (Å²) in [4.78, 5) is 26.1. The van der Waals surface area contributed by atoms with Crippen molar-refractivity contribution in [1.82, 2.24) is 24.5 Å². The van der Waals surface area contributed by atoms with Gasteiger partial charge in [-0.25, -0.2) is 4.57 Å². The number of aromatic nitrogens is 4. The molecule has 0 atom stereocenters. The van der Waals surface area contributed by atoms with E-state index in [1.165, 1.54) is 21.9 Å². The molecule has 1 N–H and O–H groups in total. The molecule has 1 amide bonds. The standard InChI is InChI=1S/C27H25N5O3S/c1-18-12-13-23(35-2)22(16-18)31-25(34)20-10-6-7-11-21(20)32-26(31)29-30-27(32)36-17-24(33)28-15-14-19-8-4-3-5-9-19/h3-13,16H,14-15,17H2,1-2H3,(H,28,33). The highest BCUT2D eigenvalue weighted by molar-refractivity contribution is 7.99. The van der Waals surface area contributed by atoms with Crippen LogP contribution in [0.5, 0.6) is 5.75 Å². The summed E-state index contributed by atoms with van der Waals surface area (Å²) >= 11 is 1.28. The number of carbonyl (C=O) groups excluding carboxylic acids is 1. The third-order valence-electron chi connectivity index (χ3n) is 5.88. The second-order valence-electron chi connectivity index (χ2n) is 8.33. The van der Waals surface area contributed by atoms with Gasteiger partial charge < -0.3 is 10.1 Å². The Morgan fingerprint density at radius 1 is 1.03 bits per heavy atom. The fraction of sp³-hybridized carbons (Fsp3) is 0.185. The summed E-state index contributed by atoms with van der Waals surface area (Å²) in [7, 11) is 1.57. The average molecular weight is 500 g/mol. The van der Waals surface area contributed by atoms with Gasteiger partial charge in [-0.05, 0) is 48.7 Å². The molecule has 0 aliphatic rings. The molecule has 0 fully saturated rings. The fourth-order valence-corrected chi connectivity index (χ4v) is 4.91. The molecule has 0 saturated heterocycles. The van der Waals surface area contributed by atoms with Crippen LogP contribution in [0.3, 0.4) is 0 Å². The van der Waals surface area contributed by atoms with Crippen molar-refractivity contribution in [1.29, 1.82) is 0 Å². The van der Waals surface area contributed by atoms with Crippen molar-refractivity contribution in [2.24, 2.45) is 0 Å². The van der Waals surface area contributed by atoms with Gasteiger partial charge in [0, 0.05) is 6.54 Å². The highest BCUT2D eigenvalue weighted by atomic mass is 32.2. The minimum atomic E-state index is -0.218. The molecular weight excluding hydrogens is 474 g/mol. The van der Waals surface area contributed by atoms with Gasteiger partial charge in [-0.15, -0.1) is 10.2 Å². The molecule has 8 nitrogen and oxygen atoms in total. The van der Waals surface area contributed by atoms with Crippen molar-refractivity contribution in [3.05, 3.63) is 94.3 Å². The third kappa shape index (κ3) is 4.57. The summed E-state index contributed by atoms with van der Waals surface area (Å²) in [6.07, 6.45) is 0.764. The number of ether oxygens (including phenoxy) is 1. The Labute approximate surface area is 211 Å². The zero-order valence-corrected chi connectivity index (χ0v) is 20.8. The summed E-state index contributed by atoms with van der Waals surface area (Å²) in [5.41, 5.74) is 3.19. The molecule has 5 rings (SSSR count). The molecule has 0 saturated carbocycles. The fourth-order valence-electron chi connectivity index (χ4n) is 4.14. The lowest BCUT2D eigenvalue weighted by Crippen LogP contribution is -2.27. The van der Waals surface area contributed by atoms with Crippen molar-refractivity contribution >= 4 is 34.3 Å². The number of hydrogen-bond donors (Lipinski definition) is 1. The van der Waals surface area contributed by atoms with Gasteiger partial charge in [0.25, 0.3) is 5.56 Å². The van der Waals surface area contributed by atoms with E-state index in [0.29, 0.717) is 39.8 Å².